The summed E-state index contributed by atoms with van der Waals surface area (Å²) in [7, 11) is 0. The summed E-state index contributed by atoms with van der Waals surface area (Å²) in [6, 6.07) is 1.59. The molecule has 0 aromatic heterocycles. The lowest BCUT2D eigenvalue weighted by Crippen LogP contribution is -2.12. The lowest BCUT2D eigenvalue weighted by molar-refractivity contribution is -0.140. The van der Waals surface area contributed by atoms with E-state index in [0.717, 1.165) is 0 Å². The number of nitriles is 1. The first-order chi connectivity index (χ1) is 5.11. The van der Waals surface area contributed by atoms with Gasteiger partial charge in [0, 0.05) is 0 Å². The van der Waals surface area contributed by atoms with E-state index in [1.165, 1.54) is 6.08 Å². The van der Waals surface area contributed by atoms with Crippen molar-refractivity contribution in [3.05, 3.63) is 24.8 Å². The summed E-state index contributed by atoms with van der Waals surface area (Å²) >= 11 is 0. The van der Waals surface area contributed by atoms with Gasteiger partial charge in [-0.1, -0.05) is 19.2 Å². The molecule has 0 N–H and O–H groups in total. The molecule has 0 saturated carbocycles. The Morgan fingerprint density at radius 1 is 1.82 bits per heavy atom. The molecule has 0 aliphatic rings. The molecule has 0 fully saturated rings. The minimum Gasteiger partial charge on any atom is -0.454 e. The zero-order chi connectivity index (χ0) is 8.85. The van der Waals surface area contributed by atoms with E-state index in [1.807, 2.05) is 0 Å². The Labute approximate surface area is 65.6 Å². The number of rotatable bonds is 3. The molecule has 0 aromatic carbocycles. The van der Waals surface area contributed by atoms with E-state index in [1.54, 1.807) is 13.0 Å². The Kier molecular flexibility index (Phi) is 3.68. The van der Waals surface area contributed by atoms with Crippen molar-refractivity contribution >= 4 is 5.97 Å². The Bertz CT molecular complexity index is 225. The molecule has 0 heterocycles. The molecule has 0 bridgehead atoms. The highest BCUT2D eigenvalue weighted by molar-refractivity contribution is 5.92. The number of hydrogen-bond acceptors (Lipinski definition) is 3. The van der Waals surface area contributed by atoms with Crippen LogP contribution in [0.2, 0.25) is 0 Å². The monoisotopic (exact) mass is 151 g/mol. The van der Waals surface area contributed by atoms with Crippen LogP contribution in [0, 0.1) is 11.3 Å². The number of nitrogens with zero attached hydrogens (tertiary/aromatic N) is 1. The van der Waals surface area contributed by atoms with Crippen LogP contribution in [-0.2, 0) is 9.53 Å². The van der Waals surface area contributed by atoms with Crippen molar-refractivity contribution in [2.24, 2.45) is 0 Å². The Hall–Kier alpha value is -1.56. The maximum absolute atomic E-state index is 10.8. The topological polar surface area (TPSA) is 50.1 Å². The molecule has 11 heavy (non-hydrogen) atoms. The maximum Gasteiger partial charge on any atom is 0.348 e. The van der Waals surface area contributed by atoms with Gasteiger partial charge in [-0.05, 0) is 6.92 Å². The average Bonchev–Trinajstić information content (AvgIpc) is 2.02. The average molecular weight is 151 g/mol. The molecule has 0 radical (unpaired) electrons. The van der Waals surface area contributed by atoms with Crippen molar-refractivity contribution in [1.29, 1.82) is 5.26 Å². The van der Waals surface area contributed by atoms with E-state index in [4.69, 9.17) is 5.26 Å². The van der Waals surface area contributed by atoms with Gasteiger partial charge in [-0.15, -0.1) is 0 Å². The lowest BCUT2D eigenvalue weighted by atomic mass is 10.3. The first-order valence-electron chi connectivity index (χ1n) is 3.04. The van der Waals surface area contributed by atoms with E-state index >= 15 is 0 Å². The van der Waals surface area contributed by atoms with Crippen molar-refractivity contribution in [3.8, 4) is 6.07 Å². The second-order valence-corrected chi connectivity index (χ2v) is 1.94. The minimum absolute atomic E-state index is 0.196. The highest BCUT2D eigenvalue weighted by Crippen LogP contribution is 1.97. The third-order valence-corrected chi connectivity index (χ3v) is 1.01. The molecule has 0 spiro atoms. The number of carbonyl (C=O) groups excluding carboxylic acids is 1. The van der Waals surface area contributed by atoms with Gasteiger partial charge in [0.25, 0.3) is 0 Å². The van der Waals surface area contributed by atoms with Crippen LogP contribution >= 0.6 is 0 Å². The predicted octanol–water partition coefficient (Wildman–Crippen LogP) is 1.18. The van der Waals surface area contributed by atoms with E-state index in [2.05, 4.69) is 17.9 Å². The fraction of sp³-hybridized carbons (Fsp3) is 0.250. The number of carbonyl (C=O) groups is 1. The highest BCUT2D eigenvalue weighted by Gasteiger charge is 2.09. The van der Waals surface area contributed by atoms with Gasteiger partial charge in [-0.2, -0.15) is 5.26 Å². The predicted molar refractivity (Wildman–Crippen MR) is 40.5 cm³/mol. The van der Waals surface area contributed by atoms with Gasteiger partial charge in [0.1, 0.15) is 17.7 Å². The molecule has 58 valence electrons. The molecule has 1 atom stereocenters. The Balaban J connectivity index is 4.00. The minimum atomic E-state index is -0.695. The summed E-state index contributed by atoms with van der Waals surface area (Å²) < 4.78 is 4.67. The molecule has 0 aromatic rings. The Morgan fingerprint density at radius 3 is 2.73 bits per heavy atom. The Morgan fingerprint density at radius 2 is 2.36 bits per heavy atom. The largest absolute Gasteiger partial charge is 0.454 e. The number of hydrogen-bond donors (Lipinski definition) is 0. The van der Waals surface area contributed by atoms with Gasteiger partial charge in [0.05, 0.1) is 0 Å². The van der Waals surface area contributed by atoms with Crippen LogP contribution in [0.4, 0.5) is 0 Å². The number of ether oxygens (including phenoxy) is 1. The molecular weight excluding hydrogens is 142 g/mol. The van der Waals surface area contributed by atoms with Crippen LogP contribution in [0.3, 0.4) is 0 Å². The third-order valence-electron chi connectivity index (χ3n) is 1.01. The molecule has 0 saturated heterocycles. The van der Waals surface area contributed by atoms with Crippen molar-refractivity contribution < 1.29 is 9.53 Å². The van der Waals surface area contributed by atoms with Gasteiger partial charge in [0.2, 0.25) is 0 Å². The first-order valence-corrected chi connectivity index (χ1v) is 3.04. The molecule has 0 aliphatic heterocycles. The highest BCUT2D eigenvalue weighted by atomic mass is 16.5. The smallest absolute Gasteiger partial charge is 0.348 e. The zero-order valence-electron chi connectivity index (χ0n) is 6.33. The lowest BCUT2D eigenvalue weighted by Gasteiger charge is -2.05. The van der Waals surface area contributed by atoms with Gasteiger partial charge in [-0.3, -0.25) is 0 Å². The maximum atomic E-state index is 10.8. The molecule has 0 amide bonds. The van der Waals surface area contributed by atoms with Crippen LogP contribution < -0.4 is 0 Å². The SMILES string of the molecule is C=CC(C)OC(=O)C(=C)C#N. The zero-order valence-corrected chi connectivity index (χ0v) is 6.33. The summed E-state index contributed by atoms with van der Waals surface area (Å²) in [5.74, 6) is -0.695. The molecule has 0 rings (SSSR count). The van der Waals surface area contributed by atoms with Crippen LogP contribution in [0.25, 0.3) is 0 Å². The number of esters is 1. The molecule has 3 heteroatoms. The summed E-state index contributed by atoms with van der Waals surface area (Å²) in [5.41, 5.74) is -0.196. The van der Waals surface area contributed by atoms with E-state index in [0.29, 0.717) is 0 Å². The van der Waals surface area contributed by atoms with Crippen LogP contribution in [-0.4, -0.2) is 12.1 Å². The molecule has 3 nitrogen and oxygen atoms in total. The van der Waals surface area contributed by atoms with Crippen LogP contribution in [0.1, 0.15) is 6.92 Å². The van der Waals surface area contributed by atoms with Gasteiger partial charge in [-0.25, -0.2) is 4.79 Å². The third kappa shape index (κ3) is 3.21. The fourth-order valence-corrected chi connectivity index (χ4v) is 0.334. The second kappa shape index (κ2) is 4.29. The van der Waals surface area contributed by atoms with Gasteiger partial charge in [0.15, 0.2) is 0 Å². The van der Waals surface area contributed by atoms with Crippen molar-refractivity contribution in [1.82, 2.24) is 0 Å². The van der Waals surface area contributed by atoms with E-state index in [-0.39, 0.29) is 11.7 Å². The van der Waals surface area contributed by atoms with E-state index in [9.17, 15) is 4.79 Å². The van der Waals surface area contributed by atoms with Gasteiger partial charge >= 0.3 is 5.97 Å². The molecule has 0 aliphatic carbocycles. The van der Waals surface area contributed by atoms with Gasteiger partial charge < -0.3 is 4.74 Å². The normalized spacial score (nSPS) is 10.9. The molecular formula is C8H9NO2. The standard InChI is InChI=1S/C8H9NO2/c1-4-7(3)11-8(10)6(2)5-9/h4,7H,1-2H2,3H3. The quantitative estimate of drug-likeness (QED) is 0.263. The van der Waals surface area contributed by atoms with Crippen molar-refractivity contribution in [2.45, 2.75) is 13.0 Å². The summed E-state index contributed by atoms with van der Waals surface area (Å²) in [5, 5.41) is 8.21. The van der Waals surface area contributed by atoms with Crippen LogP contribution in [0.5, 0.6) is 0 Å². The van der Waals surface area contributed by atoms with Crippen molar-refractivity contribution in [2.75, 3.05) is 0 Å². The van der Waals surface area contributed by atoms with Crippen molar-refractivity contribution in [3.63, 3.8) is 0 Å². The second-order valence-electron chi connectivity index (χ2n) is 1.94. The van der Waals surface area contributed by atoms with Crippen LogP contribution in [0.15, 0.2) is 24.8 Å². The fourth-order valence-electron chi connectivity index (χ4n) is 0.334. The summed E-state index contributed by atoms with van der Waals surface area (Å²) in [6.45, 7) is 8.25. The first kappa shape index (κ1) is 9.44. The summed E-state index contributed by atoms with van der Waals surface area (Å²) in [4.78, 5) is 10.8. The molecule has 1 unspecified atom stereocenters. The van der Waals surface area contributed by atoms with E-state index < -0.39 is 5.97 Å². The summed E-state index contributed by atoms with van der Waals surface area (Å²) in [6.07, 6.45) is 1.08.